The van der Waals surface area contributed by atoms with Gasteiger partial charge in [0.15, 0.2) is 0 Å². The number of aryl methyl sites for hydroxylation is 1. The number of rotatable bonds is 2. The molecule has 5 rings (SSSR count). The minimum atomic E-state index is -0.725. The van der Waals surface area contributed by atoms with E-state index in [4.69, 9.17) is 0 Å². The van der Waals surface area contributed by atoms with Gasteiger partial charge in [-0.05, 0) is 79.5 Å². The number of carbonyl (C=O) groups excluding carboxylic acids is 2. The molecule has 2 saturated carbocycles. The van der Waals surface area contributed by atoms with Crippen LogP contribution in [0.15, 0.2) is 18.2 Å². The summed E-state index contributed by atoms with van der Waals surface area (Å²) in [4.78, 5) is 27.4. The lowest BCUT2D eigenvalue weighted by molar-refractivity contribution is -0.137. The van der Waals surface area contributed by atoms with Gasteiger partial charge >= 0.3 is 6.03 Å². The van der Waals surface area contributed by atoms with Crippen LogP contribution in [0.4, 0.5) is 4.79 Å². The van der Waals surface area contributed by atoms with Crippen LogP contribution in [-0.2, 0) is 11.2 Å². The minimum absolute atomic E-state index is 0.0125. The van der Waals surface area contributed by atoms with Crippen molar-refractivity contribution in [3.05, 3.63) is 29.3 Å². The van der Waals surface area contributed by atoms with E-state index in [1.807, 2.05) is 12.1 Å². The zero-order valence-corrected chi connectivity index (χ0v) is 17.8. The van der Waals surface area contributed by atoms with E-state index >= 15 is 0 Å². The van der Waals surface area contributed by atoms with E-state index in [9.17, 15) is 14.7 Å². The second-order valence-corrected chi connectivity index (χ2v) is 10.1. The first kappa shape index (κ1) is 18.5. The number of hydrogen-bond acceptors (Lipinski definition) is 3. The van der Waals surface area contributed by atoms with Crippen molar-refractivity contribution in [2.45, 2.75) is 56.9 Å². The molecule has 6 heteroatoms. The highest BCUT2D eigenvalue weighted by Gasteiger charge is 2.69. The van der Waals surface area contributed by atoms with Crippen molar-refractivity contribution in [1.29, 1.82) is 0 Å². The number of fused-ring (bicyclic) bond motifs is 6. The number of hydrogen-bond donors (Lipinski definition) is 2. The number of benzene rings is 1. The number of halogens is 1. The smallest absolute Gasteiger partial charge is 0.325 e. The summed E-state index contributed by atoms with van der Waals surface area (Å²) in [5.74, 6) is 1.83. The van der Waals surface area contributed by atoms with Gasteiger partial charge in [0.05, 0.1) is 0 Å². The molecule has 1 aromatic rings. The summed E-state index contributed by atoms with van der Waals surface area (Å²) in [6, 6.07) is 5.62. The zero-order chi connectivity index (χ0) is 19.7. The highest BCUT2D eigenvalue weighted by Crippen LogP contribution is 2.65. The van der Waals surface area contributed by atoms with Gasteiger partial charge in [-0.3, -0.25) is 9.69 Å². The molecular weight excluding hydrogens is 420 g/mol. The first-order valence-electron chi connectivity index (χ1n) is 10.4. The van der Waals surface area contributed by atoms with E-state index in [1.165, 1.54) is 16.0 Å². The van der Waals surface area contributed by atoms with Gasteiger partial charge in [-0.25, -0.2) is 4.79 Å². The van der Waals surface area contributed by atoms with Crippen LogP contribution in [0.5, 0.6) is 5.75 Å². The number of aromatic hydroxyl groups is 1. The van der Waals surface area contributed by atoms with E-state index in [1.54, 1.807) is 0 Å². The Morgan fingerprint density at radius 1 is 1.25 bits per heavy atom. The highest BCUT2D eigenvalue weighted by atomic mass is 79.9. The molecule has 3 amide bonds. The first-order chi connectivity index (χ1) is 13.4. The van der Waals surface area contributed by atoms with Crippen LogP contribution in [0.3, 0.4) is 0 Å². The van der Waals surface area contributed by atoms with E-state index in [0.29, 0.717) is 35.4 Å². The molecule has 28 heavy (non-hydrogen) atoms. The fourth-order valence-electron chi connectivity index (χ4n) is 7.08. The minimum Gasteiger partial charge on any atom is -0.508 e. The molecule has 3 aliphatic carbocycles. The molecule has 4 unspecified atom stereocenters. The highest BCUT2D eigenvalue weighted by molar-refractivity contribution is 9.09. The number of nitrogens with one attached hydrogen (secondary N) is 1. The van der Waals surface area contributed by atoms with Crippen molar-refractivity contribution in [3.8, 4) is 5.75 Å². The number of nitrogens with zero attached hydrogens (tertiary/aromatic N) is 1. The monoisotopic (exact) mass is 446 g/mol. The summed E-state index contributed by atoms with van der Waals surface area (Å²) in [7, 11) is 0. The maximum atomic E-state index is 13.4. The molecule has 1 saturated heterocycles. The number of imide groups is 1. The number of urea groups is 1. The lowest BCUT2D eigenvalue weighted by Gasteiger charge is -2.53. The van der Waals surface area contributed by atoms with Crippen LogP contribution < -0.4 is 5.32 Å². The van der Waals surface area contributed by atoms with Gasteiger partial charge in [-0.2, -0.15) is 0 Å². The molecule has 0 radical (unpaired) electrons. The fourth-order valence-corrected chi connectivity index (χ4v) is 7.43. The van der Waals surface area contributed by atoms with Crippen LogP contribution in [0.25, 0.3) is 0 Å². The Bertz CT molecular complexity index is 858. The second kappa shape index (κ2) is 6.22. The first-order valence-corrected chi connectivity index (χ1v) is 11.6. The molecule has 5 atom stereocenters. The molecule has 1 spiro atoms. The average molecular weight is 447 g/mol. The summed E-state index contributed by atoms with van der Waals surface area (Å²) in [6.07, 6.45) is 5.83. The van der Waals surface area contributed by atoms with Gasteiger partial charge in [0.2, 0.25) is 0 Å². The quantitative estimate of drug-likeness (QED) is 0.533. The van der Waals surface area contributed by atoms with Crippen molar-refractivity contribution < 1.29 is 14.7 Å². The Kier molecular flexibility index (Phi) is 4.10. The van der Waals surface area contributed by atoms with Crippen LogP contribution in [0.1, 0.15) is 56.1 Å². The number of phenols is 1. The van der Waals surface area contributed by atoms with E-state index in [0.717, 1.165) is 38.5 Å². The predicted molar refractivity (Wildman–Crippen MR) is 109 cm³/mol. The predicted octanol–water partition coefficient (Wildman–Crippen LogP) is 3.93. The molecule has 0 aromatic heterocycles. The molecule has 150 valence electrons. The normalized spacial score (nSPS) is 38.9. The molecule has 1 aromatic carbocycles. The van der Waals surface area contributed by atoms with Crippen LogP contribution in [0.2, 0.25) is 0 Å². The Morgan fingerprint density at radius 2 is 2.07 bits per heavy atom. The summed E-state index contributed by atoms with van der Waals surface area (Å²) in [6.45, 7) is 2.68. The topological polar surface area (TPSA) is 69.6 Å². The molecule has 3 fully saturated rings. The van der Waals surface area contributed by atoms with E-state index in [2.05, 4.69) is 34.2 Å². The Hall–Kier alpha value is -1.56. The lowest BCUT2D eigenvalue weighted by atomic mass is 9.52. The van der Waals surface area contributed by atoms with Crippen molar-refractivity contribution in [2.75, 3.05) is 11.9 Å². The van der Waals surface area contributed by atoms with Gasteiger partial charge in [0, 0.05) is 17.3 Å². The molecular formula is C22H27BrN2O3. The largest absolute Gasteiger partial charge is 0.508 e. The SMILES string of the molecule is C[C@]12CCC3c4ccc(O)cc4CCC3C1CCC21NC(=O)N(CCBr)C1=O. The standard InChI is InChI=1S/C22H27BrN2O3/c1-21-8-6-16-15-5-3-14(26)12-13(15)2-4-17(16)18(21)7-9-22(21)19(27)25(11-10-23)20(28)24-22/h3,5,12,16-18,26H,2,4,6-11H2,1H3,(H,24,28)/t16?,17?,18?,21-,22?/m0/s1. The molecule has 5 nitrogen and oxygen atoms in total. The third-order valence-corrected chi connectivity index (χ3v) is 8.74. The second-order valence-electron chi connectivity index (χ2n) is 9.27. The number of amides is 3. The molecule has 4 aliphatic rings. The Balaban J connectivity index is 1.49. The van der Waals surface area contributed by atoms with Gasteiger partial charge in [0.1, 0.15) is 11.3 Å². The summed E-state index contributed by atoms with van der Waals surface area (Å²) in [5.41, 5.74) is 1.76. The maximum absolute atomic E-state index is 13.4. The third-order valence-electron chi connectivity index (χ3n) is 8.39. The fraction of sp³-hybridized carbons (Fsp3) is 0.636. The third kappa shape index (κ3) is 2.24. The number of phenolic OH excluding ortho intramolecular Hbond substituents is 1. The van der Waals surface area contributed by atoms with E-state index < -0.39 is 5.54 Å². The lowest BCUT2D eigenvalue weighted by Crippen LogP contribution is -2.60. The molecule has 0 bridgehead atoms. The zero-order valence-electron chi connectivity index (χ0n) is 16.2. The average Bonchev–Trinajstić information content (AvgIpc) is 3.10. The number of carbonyl (C=O) groups is 2. The summed E-state index contributed by atoms with van der Waals surface area (Å²) >= 11 is 3.37. The summed E-state index contributed by atoms with van der Waals surface area (Å²) < 4.78 is 0. The summed E-state index contributed by atoms with van der Waals surface area (Å²) in [5, 5.41) is 13.6. The van der Waals surface area contributed by atoms with Crippen LogP contribution in [0, 0.1) is 17.3 Å². The van der Waals surface area contributed by atoms with Crippen LogP contribution in [-0.4, -0.2) is 39.4 Å². The van der Waals surface area contributed by atoms with E-state index in [-0.39, 0.29) is 17.4 Å². The maximum Gasteiger partial charge on any atom is 0.325 e. The molecule has 2 N–H and O–H groups in total. The van der Waals surface area contributed by atoms with Gasteiger partial charge in [0.25, 0.3) is 5.91 Å². The van der Waals surface area contributed by atoms with Gasteiger partial charge in [-0.1, -0.05) is 28.9 Å². The number of alkyl halides is 1. The van der Waals surface area contributed by atoms with Gasteiger partial charge in [-0.15, -0.1) is 0 Å². The van der Waals surface area contributed by atoms with Crippen LogP contribution >= 0.6 is 15.9 Å². The van der Waals surface area contributed by atoms with Crippen molar-refractivity contribution in [1.82, 2.24) is 10.2 Å². The van der Waals surface area contributed by atoms with Crippen molar-refractivity contribution >= 4 is 27.9 Å². The Morgan fingerprint density at radius 3 is 2.86 bits per heavy atom. The van der Waals surface area contributed by atoms with Crippen molar-refractivity contribution in [2.24, 2.45) is 17.3 Å². The Labute approximate surface area is 174 Å². The van der Waals surface area contributed by atoms with Crippen molar-refractivity contribution in [3.63, 3.8) is 0 Å². The van der Waals surface area contributed by atoms with Gasteiger partial charge < -0.3 is 10.4 Å². The molecule has 1 heterocycles. The molecule has 1 aliphatic heterocycles.